The first kappa shape index (κ1) is 19.9. The van der Waals surface area contributed by atoms with Crippen molar-refractivity contribution in [1.29, 1.82) is 0 Å². The third-order valence-electron chi connectivity index (χ3n) is 3.95. The Morgan fingerprint density at radius 3 is 1.93 bits per heavy atom. The minimum Gasteiger partial charge on any atom is -0.264 e. The topological polar surface area (TPSA) is 48.5 Å². The Labute approximate surface area is 155 Å². The maximum atomic E-state index is 13.1. The minimum atomic E-state index is -4.98. The molecule has 3 rings (SSSR count). The average Bonchev–Trinajstić information content (AvgIpc) is 3.11. The Kier molecular flexibility index (Phi) is 4.94. The highest BCUT2D eigenvalue weighted by Crippen LogP contribution is 2.35. The van der Waals surface area contributed by atoms with Crippen LogP contribution in [0.5, 0.6) is 0 Å². The number of hydrogen-bond acceptors (Lipinski definition) is 3. The molecule has 0 aliphatic rings. The van der Waals surface area contributed by atoms with Gasteiger partial charge < -0.3 is 0 Å². The summed E-state index contributed by atoms with van der Waals surface area (Å²) < 4.78 is 79.6. The third-order valence-corrected chi connectivity index (χ3v) is 3.95. The van der Waals surface area contributed by atoms with Crippen molar-refractivity contribution in [2.45, 2.75) is 39.3 Å². The lowest BCUT2D eigenvalue weighted by Crippen LogP contribution is -2.16. The van der Waals surface area contributed by atoms with E-state index in [4.69, 9.17) is 0 Å². The van der Waals surface area contributed by atoms with Crippen LogP contribution in [0.2, 0.25) is 0 Å². The van der Waals surface area contributed by atoms with Gasteiger partial charge in [0.2, 0.25) is 0 Å². The highest BCUT2D eigenvalue weighted by Gasteiger charge is 2.41. The first-order chi connectivity index (χ1) is 12.9. The van der Waals surface area contributed by atoms with Crippen molar-refractivity contribution in [1.82, 2.24) is 24.5 Å². The molecule has 0 aromatic carbocycles. The highest BCUT2D eigenvalue weighted by atomic mass is 19.4. The van der Waals surface area contributed by atoms with Gasteiger partial charge in [-0.2, -0.15) is 36.5 Å². The van der Waals surface area contributed by atoms with Crippen LogP contribution in [0, 0.1) is 13.8 Å². The van der Waals surface area contributed by atoms with Crippen molar-refractivity contribution in [3.05, 3.63) is 64.5 Å². The lowest BCUT2D eigenvalue weighted by Gasteiger charge is -2.11. The number of alkyl halides is 6. The summed E-state index contributed by atoms with van der Waals surface area (Å²) in [6.07, 6.45) is -9.95. The fourth-order valence-corrected chi connectivity index (χ4v) is 2.75. The van der Waals surface area contributed by atoms with E-state index in [1.807, 2.05) is 19.9 Å². The molecule has 0 spiro atoms. The summed E-state index contributed by atoms with van der Waals surface area (Å²) in [4.78, 5) is 4.24. The SMILES string of the molecule is Cc1cc(C)n(Cc2cccc(Cn3nc(C(F)(F)F)cc3C(F)(F)F)n2)n1. The van der Waals surface area contributed by atoms with Crippen LogP contribution < -0.4 is 0 Å². The van der Waals surface area contributed by atoms with Crippen LogP contribution in [-0.4, -0.2) is 24.5 Å². The molecule has 5 nitrogen and oxygen atoms in total. The summed E-state index contributed by atoms with van der Waals surface area (Å²) >= 11 is 0. The molecule has 0 N–H and O–H groups in total. The zero-order valence-electron chi connectivity index (χ0n) is 14.8. The summed E-state index contributed by atoms with van der Waals surface area (Å²) in [7, 11) is 0. The van der Waals surface area contributed by atoms with Gasteiger partial charge in [0.25, 0.3) is 0 Å². The van der Waals surface area contributed by atoms with Crippen LogP contribution in [0.1, 0.15) is 34.2 Å². The summed E-state index contributed by atoms with van der Waals surface area (Å²) in [5.41, 5.74) is -0.725. The second-order valence-corrected chi connectivity index (χ2v) is 6.27. The van der Waals surface area contributed by atoms with Crippen LogP contribution in [-0.2, 0) is 25.4 Å². The van der Waals surface area contributed by atoms with E-state index in [1.54, 1.807) is 16.8 Å². The molecule has 0 radical (unpaired) electrons. The Morgan fingerprint density at radius 2 is 1.43 bits per heavy atom. The highest BCUT2D eigenvalue weighted by molar-refractivity contribution is 5.19. The maximum Gasteiger partial charge on any atom is 0.435 e. The number of rotatable bonds is 4. The summed E-state index contributed by atoms with van der Waals surface area (Å²) in [5, 5.41) is 7.37. The second kappa shape index (κ2) is 6.95. The Hall–Kier alpha value is -2.85. The molecule has 0 bridgehead atoms. The van der Waals surface area contributed by atoms with Crippen molar-refractivity contribution >= 4 is 0 Å². The van der Waals surface area contributed by atoms with Gasteiger partial charge in [0.15, 0.2) is 5.69 Å². The van der Waals surface area contributed by atoms with Gasteiger partial charge in [-0.15, -0.1) is 0 Å². The van der Waals surface area contributed by atoms with Gasteiger partial charge in [-0.05, 0) is 32.0 Å². The number of aryl methyl sites for hydroxylation is 2. The zero-order valence-corrected chi connectivity index (χ0v) is 14.8. The smallest absolute Gasteiger partial charge is 0.264 e. The number of aromatic nitrogens is 5. The molecule has 0 unspecified atom stereocenters. The predicted octanol–water partition coefficient (Wildman–Crippen LogP) is 4.23. The lowest BCUT2D eigenvalue weighted by atomic mass is 10.3. The first-order valence-corrected chi connectivity index (χ1v) is 8.11. The normalized spacial score (nSPS) is 12.6. The van der Waals surface area contributed by atoms with Gasteiger partial charge in [0.1, 0.15) is 5.69 Å². The predicted molar refractivity (Wildman–Crippen MR) is 86.4 cm³/mol. The Bertz CT molecular complexity index is 983. The molecular formula is C17H15F6N5. The number of nitrogens with zero attached hydrogens (tertiary/aromatic N) is 5. The summed E-state index contributed by atoms with van der Waals surface area (Å²) in [5.74, 6) is 0. The van der Waals surface area contributed by atoms with Crippen molar-refractivity contribution < 1.29 is 26.3 Å². The van der Waals surface area contributed by atoms with Gasteiger partial charge in [-0.3, -0.25) is 14.3 Å². The van der Waals surface area contributed by atoms with Crippen LogP contribution in [0.4, 0.5) is 26.3 Å². The number of pyridine rings is 1. The van der Waals surface area contributed by atoms with E-state index in [2.05, 4.69) is 15.2 Å². The Morgan fingerprint density at radius 1 is 0.821 bits per heavy atom. The fourth-order valence-electron chi connectivity index (χ4n) is 2.75. The molecule has 0 aliphatic heterocycles. The van der Waals surface area contributed by atoms with E-state index in [-0.39, 0.29) is 23.0 Å². The van der Waals surface area contributed by atoms with Gasteiger partial charge in [-0.1, -0.05) is 6.07 Å². The molecule has 0 amide bonds. The molecule has 3 aromatic heterocycles. The maximum absolute atomic E-state index is 13.1. The van der Waals surface area contributed by atoms with Crippen molar-refractivity contribution in [2.24, 2.45) is 0 Å². The molecule has 3 heterocycles. The van der Waals surface area contributed by atoms with Crippen LogP contribution >= 0.6 is 0 Å². The first-order valence-electron chi connectivity index (χ1n) is 8.11. The molecule has 11 heteroatoms. The Balaban J connectivity index is 1.90. The van der Waals surface area contributed by atoms with Gasteiger partial charge in [-0.25, -0.2) is 0 Å². The molecule has 0 saturated heterocycles. The van der Waals surface area contributed by atoms with E-state index in [9.17, 15) is 26.3 Å². The van der Waals surface area contributed by atoms with E-state index >= 15 is 0 Å². The average molecular weight is 403 g/mol. The third kappa shape index (κ3) is 4.34. The van der Waals surface area contributed by atoms with Gasteiger partial charge in [0, 0.05) is 11.8 Å². The van der Waals surface area contributed by atoms with Gasteiger partial charge >= 0.3 is 12.4 Å². The molecule has 0 saturated carbocycles. The van der Waals surface area contributed by atoms with Gasteiger partial charge in [0.05, 0.1) is 30.2 Å². The van der Waals surface area contributed by atoms with Crippen molar-refractivity contribution in [3.8, 4) is 0 Å². The van der Waals surface area contributed by atoms with Crippen LogP contribution in [0.25, 0.3) is 0 Å². The molecule has 28 heavy (non-hydrogen) atoms. The van der Waals surface area contributed by atoms with Crippen molar-refractivity contribution in [3.63, 3.8) is 0 Å². The molecule has 3 aromatic rings. The minimum absolute atomic E-state index is 0.000269. The van der Waals surface area contributed by atoms with E-state index < -0.39 is 30.3 Å². The van der Waals surface area contributed by atoms with E-state index in [0.29, 0.717) is 5.69 Å². The molecule has 150 valence electrons. The van der Waals surface area contributed by atoms with E-state index in [1.165, 1.54) is 6.07 Å². The number of halogens is 6. The fraction of sp³-hybridized carbons (Fsp3) is 0.353. The molecule has 0 aliphatic carbocycles. The van der Waals surface area contributed by atoms with Crippen LogP contribution in [0.3, 0.4) is 0 Å². The second-order valence-electron chi connectivity index (χ2n) is 6.27. The molecular weight excluding hydrogens is 388 g/mol. The van der Waals surface area contributed by atoms with Crippen LogP contribution in [0.15, 0.2) is 30.3 Å². The standard InChI is InChI=1S/C17H15F6N5/c1-10-6-11(2)27(25-10)8-12-4-3-5-13(24-12)9-28-15(17(21,22)23)7-14(26-28)16(18,19)20/h3-7H,8-9H2,1-2H3. The monoisotopic (exact) mass is 403 g/mol. The molecule has 0 fully saturated rings. The molecule has 0 atom stereocenters. The summed E-state index contributed by atoms with van der Waals surface area (Å²) in [6.45, 7) is 3.41. The quantitative estimate of drug-likeness (QED) is 0.613. The zero-order chi connectivity index (χ0) is 20.7. The summed E-state index contributed by atoms with van der Waals surface area (Å²) in [6, 6.07) is 6.53. The number of hydrogen-bond donors (Lipinski definition) is 0. The van der Waals surface area contributed by atoms with E-state index in [0.717, 1.165) is 11.4 Å². The van der Waals surface area contributed by atoms with Crippen molar-refractivity contribution in [2.75, 3.05) is 0 Å². The lowest BCUT2D eigenvalue weighted by molar-refractivity contribution is -0.144. The largest absolute Gasteiger partial charge is 0.435 e.